The number of hydrogen-bond donors (Lipinski definition) is 1. The van der Waals surface area contributed by atoms with E-state index in [1.54, 1.807) is 13.3 Å². The van der Waals surface area contributed by atoms with Gasteiger partial charge in [0.15, 0.2) is 5.96 Å². The highest BCUT2D eigenvalue weighted by Gasteiger charge is 2.24. The molecule has 2 rings (SSSR count). The van der Waals surface area contributed by atoms with Crippen LogP contribution in [-0.2, 0) is 16.0 Å². The smallest absolute Gasteiger partial charge is 0.194 e. The molecule has 0 bridgehead atoms. The van der Waals surface area contributed by atoms with E-state index in [2.05, 4.69) is 22.1 Å². The van der Waals surface area contributed by atoms with Gasteiger partial charge in [-0.3, -0.25) is 4.98 Å². The zero-order valence-corrected chi connectivity index (χ0v) is 16.9. The number of methoxy groups -OCH3 is 1. The van der Waals surface area contributed by atoms with Crippen molar-refractivity contribution in [3.05, 3.63) is 30.1 Å². The van der Waals surface area contributed by atoms with Gasteiger partial charge in [0.25, 0.3) is 0 Å². The Bertz CT molecular complexity index is 473. The Hall–Kier alpha value is -0.930. The Labute approximate surface area is 162 Å². The van der Waals surface area contributed by atoms with Crippen LogP contribution in [0, 0.1) is 5.92 Å². The highest BCUT2D eigenvalue weighted by atomic mass is 127. The third-order valence-corrected chi connectivity index (χ3v) is 3.82. The first-order valence-electron chi connectivity index (χ1n) is 8.33. The van der Waals surface area contributed by atoms with E-state index in [1.807, 2.05) is 18.2 Å². The number of nitrogens with one attached hydrogen (secondary N) is 1. The van der Waals surface area contributed by atoms with Gasteiger partial charge in [0.05, 0.1) is 32.1 Å². The van der Waals surface area contributed by atoms with Crippen molar-refractivity contribution < 1.29 is 9.47 Å². The molecule has 1 saturated heterocycles. The second-order valence-electron chi connectivity index (χ2n) is 5.66. The summed E-state index contributed by atoms with van der Waals surface area (Å²) < 4.78 is 10.7. The number of pyridine rings is 1. The van der Waals surface area contributed by atoms with Gasteiger partial charge < -0.3 is 19.7 Å². The van der Waals surface area contributed by atoms with E-state index in [0.29, 0.717) is 25.7 Å². The van der Waals surface area contributed by atoms with E-state index in [9.17, 15) is 0 Å². The molecule has 2 heterocycles. The van der Waals surface area contributed by atoms with Gasteiger partial charge >= 0.3 is 0 Å². The second kappa shape index (κ2) is 12.4. The lowest BCUT2D eigenvalue weighted by Crippen LogP contribution is -2.40. The lowest BCUT2D eigenvalue weighted by Gasteiger charge is -2.21. The van der Waals surface area contributed by atoms with E-state index in [0.717, 1.165) is 44.3 Å². The number of rotatable bonds is 8. The first-order valence-corrected chi connectivity index (χ1v) is 8.33. The minimum absolute atomic E-state index is 0. The topological polar surface area (TPSA) is 59.0 Å². The summed E-state index contributed by atoms with van der Waals surface area (Å²) in [5, 5.41) is 3.38. The number of ether oxygens (including phenoxy) is 2. The number of guanidine groups is 1. The van der Waals surface area contributed by atoms with Crippen LogP contribution >= 0.6 is 24.0 Å². The summed E-state index contributed by atoms with van der Waals surface area (Å²) in [7, 11) is 1.70. The maximum atomic E-state index is 5.65. The maximum Gasteiger partial charge on any atom is 0.194 e. The Morgan fingerprint density at radius 2 is 2.29 bits per heavy atom. The van der Waals surface area contributed by atoms with Crippen LogP contribution in [0.4, 0.5) is 0 Å². The fourth-order valence-electron chi connectivity index (χ4n) is 2.63. The van der Waals surface area contributed by atoms with Gasteiger partial charge in [-0.2, -0.15) is 0 Å². The Balaban J connectivity index is 0.00000288. The van der Waals surface area contributed by atoms with Crippen molar-refractivity contribution in [3.63, 3.8) is 0 Å². The highest BCUT2D eigenvalue weighted by Crippen LogP contribution is 2.16. The monoisotopic (exact) mass is 448 g/mol. The van der Waals surface area contributed by atoms with Crippen LogP contribution in [0.15, 0.2) is 29.4 Å². The molecule has 0 saturated carbocycles. The standard InChI is InChI=1S/C17H28N4O2.HI/c1-3-18-17(20-12-16-6-4-5-8-19-16)21-9-7-15(13-21)14-23-11-10-22-2;/h4-6,8,15H,3,7,9-14H2,1-2H3,(H,18,20);1H. The normalized spacial score (nSPS) is 17.7. The van der Waals surface area contributed by atoms with Gasteiger partial charge in [-0.05, 0) is 25.5 Å². The number of aromatic nitrogens is 1. The molecule has 1 fully saturated rings. The SMILES string of the molecule is CCNC(=NCc1ccccn1)N1CCC(COCCOC)C1.I. The molecule has 1 aromatic rings. The number of likely N-dealkylation sites (tertiary alicyclic amines) is 1. The summed E-state index contributed by atoms with van der Waals surface area (Å²) in [6, 6.07) is 5.92. The first kappa shape index (κ1) is 21.1. The first-order chi connectivity index (χ1) is 11.3. The van der Waals surface area contributed by atoms with Gasteiger partial charge in [0, 0.05) is 38.9 Å². The molecule has 0 aliphatic carbocycles. The molecule has 1 N–H and O–H groups in total. The van der Waals surface area contributed by atoms with Crippen LogP contribution in [0.1, 0.15) is 19.0 Å². The van der Waals surface area contributed by atoms with Gasteiger partial charge in [-0.15, -0.1) is 24.0 Å². The number of hydrogen-bond acceptors (Lipinski definition) is 4. The fourth-order valence-corrected chi connectivity index (χ4v) is 2.63. The molecular formula is C17H29IN4O2. The fraction of sp³-hybridized carbons (Fsp3) is 0.647. The van der Waals surface area contributed by atoms with E-state index in [1.165, 1.54) is 0 Å². The molecule has 0 aromatic carbocycles. The minimum atomic E-state index is 0. The molecule has 0 radical (unpaired) electrons. The molecule has 7 heteroatoms. The molecule has 1 aliphatic rings. The minimum Gasteiger partial charge on any atom is -0.382 e. The highest BCUT2D eigenvalue weighted by molar-refractivity contribution is 14.0. The molecule has 6 nitrogen and oxygen atoms in total. The van der Waals surface area contributed by atoms with Gasteiger partial charge in [0.1, 0.15) is 0 Å². The quantitative estimate of drug-likeness (QED) is 0.286. The van der Waals surface area contributed by atoms with Crippen LogP contribution in [0.5, 0.6) is 0 Å². The van der Waals surface area contributed by atoms with Crippen LogP contribution < -0.4 is 5.32 Å². The third kappa shape index (κ3) is 7.31. The van der Waals surface area contributed by atoms with Crippen molar-refractivity contribution in [2.24, 2.45) is 10.9 Å². The predicted octanol–water partition coefficient (Wildman–Crippen LogP) is 2.15. The summed E-state index contributed by atoms with van der Waals surface area (Å²) in [4.78, 5) is 11.4. The van der Waals surface area contributed by atoms with Crippen molar-refractivity contribution in [2.45, 2.75) is 19.9 Å². The van der Waals surface area contributed by atoms with Crippen LogP contribution in [-0.4, -0.2) is 62.4 Å². The Morgan fingerprint density at radius 3 is 3.00 bits per heavy atom. The molecule has 1 aromatic heterocycles. The molecule has 0 spiro atoms. The summed E-state index contributed by atoms with van der Waals surface area (Å²) >= 11 is 0. The average molecular weight is 448 g/mol. The van der Waals surface area contributed by atoms with Crippen molar-refractivity contribution in [2.75, 3.05) is 46.6 Å². The summed E-state index contributed by atoms with van der Waals surface area (Å²) in [6.45, 7) is 7.69. The van der Waals surface area contributed by atoms with E-state index in [4.69, 9.17) is 14.5 Å². The maximum absolute atomic E-state index is 5.65. The van der Waals surface area contributed by atoms with Crippen LogP contribution in [0.25, 0.3) is 0 Å². The Morgan fingerprint density at radius 1 is 1.42 bits per heavy atom. The molecular weight excluding hydrogens is 419 g/mol. The van der Waals surface area contributed by atoms with E-state index in [-0.39, 0.29) is 24.0 Å². The molecule has 0 amide bonds. The molecule has 24 heavy (non-hydrogen) atoms. The second-order valence-corrected chi connectivity index (χ2v) is 5.66. The van der Waals surface area contributed by atoms with Crippen molar-refractivity contribution >= 4 is 29.9 Å². The zero-order chi connectivity index (χ0) is 16.3. The number of aliphatic imine (C=N–C) groups is 1. The van der Waals surface area contributed by atoms with E-state index < -0.39 is 0 Å². The summed E-state index contributed by atoms with van der Waals surface area (Å²) in [6.07, 6.45) is 2.95. The van der Waals surface area contributed by atoms with Gasteiger partial charge in [-0.1, -0.05) is 6.07 Å². The average Bonchev–Trinajstić information content (AvgIpc) is 3.05. The molecule has 1 aliphatic heterocycles. The lowest BCUT2D eigenvalue weighted by molar-refractivity contribution is 0.0536. The number of nitrogens with zero attached hydrogens (tertiary/aromatic N) is 3. The molecule has 136 valence electrons. The zero-order valence-electron chi connectivity index (χ0n) is 14.6. The van der Waals surface area contributed by atoms with Crippen LogP contribution in [0.2, 0.25) is 0 Å². The molecule has 1 unspecified atom stereocenters. The summed E-state index contributed by atoms with van der Waals surface area (Å²) in [5.74, 6) is 1.53. The third-order valence-electron chi connectivity index (χ3n) is 3.82. The predicted molar refractivity (Wildman–Crippen MR) is 107 cm³/mol. The lowest BCUT2D eigenvalue weighted by atomic mass is 10.1. The van der Waals surface area contributed by atoms with E-state index >= 15 is 0 Å². The van der Waals surface area contributed by atoms with Crippen molar-refractivity contribution in [1.82, 2.24) is 15.2 Å². The van der Waals surface area contributed by atoms with Gasteiger partial charge in [0.2, 0.25) is 0 Å². The van der Waals surface area contributed by atoms with Gasteiger partial charge in [-0.25, -0.2) is 4.99 Å². The van der Waals surface area contributed by atoms with Crippen molar-refractivity contribution in [1.29, 1.82) is 0 Å². The Kier molecular flexibility index (Phi) is 10.9. The number of halogens is 1. The molecule has 1 atom stereocenters. The summed E-state index contributed by atoms with van der Waals surface area (Å²) in [5.41, 5.74) is 0.988. The van der Waals surface area contributed by atoms with Crippen LogP contribution in [0.3, 0.4) is 0 Å². The van der Waals surface area contributed by atoms with Crippen molar-refractivity contribution in [3.8, 4) is 0 Å². The largest absolute Gasteiger partial charge is 0.382 e.